The maximum atomic E-state index is 9.26. The molecule has 5 nitrogen and oxygen atoms in total. The van der Waals surface area contributed by atoms with E-state index in [0.717, 1.165) is 43.1 Å². The molecular formula is C17H19N5. The van der Waals surface area contributed by atoms with Gasteiger partial charge in [0.05, 0.1) is 16.9 Å². The number of nitrogens with zero attached hydrogens (tertiary/aromatic N) is 5. The summed E-state index contributed by atoms with van der Waals surface area (Å²) in [4.78, 5) is 4.71. The maximum absolute atomic E-state index is 9.26. The Bertz CT molecular complexity index is 664. The van der Waals surface area contributed by atoms with Crippen LogP contribution >= 0.6 is 0 Å². The molecule has 0 saturated carbocycles. The highest BCUT2D eigenvalue weighted by molar-refractivity contribution is 5.59. The number of benzene rings is 1. The summed E-state index contributed by atoms with van der Waals surface area (Å²) in [5, 5.41) is 17.4. The second-order valence-corrected chi connectivity index (χ2v) is 5.61. The lowest BCUT2D eigenvalue weighted by molar-refractivity contribution is 0.178. The van der Waals surface area contributed by atoms with Gasteiger partial charge in [0.1, 0.15) is 6.07 Å². The van der Waals surface area contributed by atoms with Gasteiger partial charge in [0.2, 0.25) is 0 Å². The fourth-order valence-electron chi connectivity index (χ4n) is 2.92. The van der Waals surface area contributed by atoms with Crippen molar-refractivity contribution >= 4 is 5.69 Å². The number of anilines is 1. The van der Waals surface area contributed by atoms with Crippen LogP contribution in [-0.4, -0.2) is 40.8 Å². The third-order valence-corrected chi connectivity index (χ3v) is 4.12. The minimum Gasteiger partial charge on any atom is -0.368 e. The number of hydrogen-bond donors (Lipinski definition) is 0. The third-order valence-electron chi connectivity index (χ3n) is 4.12. The standard InChI is InChI=1S/C17H19N5/c1-14-12-22(17-7-3-2-5-15(17)11-18)10-9-21(14)13-16-6-4-8-19-20-16/h2-8,14H,9-10,12-13H2,1H3/t14-/m0/s1. The van der Waals surface area contributed by atoms with Crippen LogP contribution in [0.25, 0.3) is 0 Å². The lowest BCUT2D eigenvalue weighted by Crippen LogP contribution is -2.51. The van der Waals surface area contributed by atoms with Crippen molar-refractivity contribution in [3.8, 4) is 6.07 Å². The van der Waals surface area contributed by atoms with Crippen LogP contribution in [0, 0.1) is 11.3 Å². The quantitative estimate of drug-likeness (QED) is 0.867. The molecule has 5 heteroatoms. The molecule has 1 atom stereocenters. The van der Waals surface area contributed by atoms with Gasteiger partial charge in [-0.25, -0.2) is 0 Å². The number of rotatable bonds is 3. The van der Waals surface area contributed by atoms with Crippen molar-refractivity contribution in [3.05, 3.63) is 53.9 Å². The minimum absolute atomic E-state index is 0.405. The molecule has 0 amide bonds. The van der Waals surface area contributed by atoms with Gasteiger partial charge in [-0.05, 0) is 31.2 Å². The van der Waals surface area contributed by atoms with Crippen LogP contribution in [0.3, 0.4) is 0 Å². The highest BCUT2D eigenvalue weighted by Gasteiger charge is 2.25. The van der Waals surface area contributed by atoms with E-state index in [-0.39, 0.29) is 0 Å². The Morgan fingerprint density at radius 3 is 2.82 bits per heavy atom. The van der Waals surface area contributed by atoms with E-state index in [1.165, 1.54) is 0 Å². The maximum Gasteiger partial charge on any atom is 0.101 e. The molecule has 2 heterocycles. The largest absolute Gasteiger partial charge is 0.368 e. The molecular weight excluding hydrogens is 274 g/mol. The highest BCUT2D eigenvalue weighted by atomic mass is 15.3. The van der Waals surface area contributed by atoms with Crippen molar-refractivity contribution in [1.82, 2.24) is 15.1 Å². The highest BCUT2D eigenvalue weighted by Crippen LogP contribution is 2.23. The van der Waals surface area contributed by atoms with Gasteiger partial charge in [-0.3, -0.25) is 4.90 Å². The Hall–Kier alpha value is -2.45. The molecule has 1 aromatic carbocycles. The molecule has 0 unspecified atom stereocenters. The fraction of sp³-hybridized carbons (Fsp3) is 0.353. The van der Waals surface area contributed by atoms with E-state index in [1.54, 1.807) is 6.20 Å². The number of aromatic nitrogens is 2. The van der Waals surface area contributed by atoms with Gasteiger partial charge in [0, 0.05) is 38.4 Å². The molecule has 0 radical (unpaired) electrons. The van der Waals surface area contributed by atoms with Gasteiger partial charge < -0.3 is 4.90 Å². The van der Waals surface area contributed by atoms with E-state index < -0.39 is 0 Å². The van der Waals surface area contributed by atoms with E-state index in [9.17, 15) is 5.26 Å². The molecule has 0 spiro atoms. The minimum atomic E-state index is 0.405. The van der Waals surface area contributed by atoms with Crippen molar-refractivity contribution in [2.75, 3.05) is 24.5 Å². The van der Waals surface area contributed by atoms with Gasteiger partial charge in [0.25, 0.3) is 0 Å². The molecule has 0 N–H and O–H groups in total. The van der Waals surface area contributed by atoms with E-state index in [4.69, 9.17) is 0 Å². The predicted octanol–water partition coefficient (Wildman–Crippen LogP) is 2.06. The second-order valence-electron chi connectivity index (χ2n) is 5.61. The molecule has 1 aromatic heterocycles. The van der Waals surface area contributed by atoms with Gasteiger partial charge in [-0.2, -0.15) is 15.5 Å². The Labute approximate surface area is 130 Å². The zero-order valence-electron chi connectivity index (χ0n) is 12.7. The van der Waals surface area contributed by atoms with Crippen molar-refractivity contribution in [1.29, 1.82) is 5.26 Å². The van der Waals surface area contributed by atoms with Crippen LogP contribution in [0.4, 0.5) is 5.69 Å². The van der Waals surface area contributed by atoms with Crippen LogP contribution < -0.4 is 4.90 Å². The zero-order chi connectivity index (χ0) is 15.4. The lowest BCUT2D eigenvalue weighted by atomic mass is 10.1. The second kappa shape index (κ2) is 6.54. The molecule has 2 aromatic rings. The SMILES string of the molecule is C[C@H]1CN(c2ccccc2C#N)CCN1Cc1cccnn1. The first-order valence-electron chi connectivity index (χ1n) is 7.52. The average Bonchev–Trinajstić information content (AvgIpc) is 2.57. The zero-order valence-corrected chi connectivity index (χ0v) is 12.7. The summed E-state index contributed by atoms with van der Waals surface area (Å²) in [6.07, 6.45) is 1.70. The lowest BCUT2D eigenvalue weighted by Gasteiger charge is -2.41. The average molecular weight is 293 g/mol. The predicted molar refractivity (Wildman–Crippen MR) is 85.3 cm³/mol. The van der Waals surface area contributed by atoms with Crippen LogP contribution in [0.15, 0.2) is 42.6 Å². The molecule has 112 valence electrons. The molecule has 1 aliphatic rings. The van der Waals surface area contributed by atoms with Crippen LogP contribution in [0.5, 0.6) is 0 Å². The number of hydrogen-bond acceptors (Lipinski definition) is 5. The topological polar surface area (TPSA) is 56.1 Å². The third kappa shape index (κ3) is 3.07. The fourth-order valence-corrected chi connectivity index (χ4v) is 2.92. The summed E-state index contributed by atoms with van der Waals surface area (Å²) in [6.45, 7) is 5.83. The molecule has 1 fully saturated rings. The first kappa shape index (κ1) is 14.5. The summed E-state index contributed by atoms with van der Waals surface area (Å²) in [5.41, 5.74) is 2.79. The van der Waals surface area contributed by atoms with Crippen LogP contribution in [0.2, 0.25) is 0 Å². The van der Waals surface area contributed by atoms with E-state index in [1.807, 2.05) is 36.4 Å². The van der Waals surface area contributed by atoms with Gasteiger partial charge >= 0.3 is 0 Å². The first-order valence-corrected chi connectivity index (χ1v) is 7.52. The molecule has 3 rings (SSSR count). The molecule has 0 aliphatic carbocycles. The van der Waals surface area contributed by atoms with Crippen LogP contribution in [0.1, 0.15) is 18.2 Å². The number of nitriles is 1. The molecule has 22 heavy (non-hydrogen) atoms. The van der Waals surface area contributed by atoms with Gasteiger partial charge in [-0.15, -0.1) is 0 Å². The summed E-state index contributed by atoms with van der Waals surface area (Å²) >= 11 is 0. The van der Waals surface area contributed by atoms with E-state index in [0.29, 0.717) is 6.04 Å². The Morgan fingerprint density at radius 1 is 1.23 bits per heavy atom. The molecule has 1 aliphatic heterocycles. The summed E-state index contributed by atoms with van der Waals surface area (Å²) in [6, 6.07) is 14.4. The summed E-state index contributed by atoms with van der Waals surface area (Å²) in [7, 11) is 0. The summed E-state index contributed by atoms with van der Waals surface area (Å²) in [5.74, 6) is 0. The van der Waals surface area contributed by atoms with Gasteiger partial charge in [0.15, 0.2) is 0 Å². The molecule has 0 bridgehead atoms. The summed E-state index contributed by atoms with van der Waals surface area (Å²) < 4.78 is 0. The number of para-hydroxylation sites is 1. The van der Waals surface area contributed by atoms with Crippen LogP contribution in [-0.2, 0) is 6.54 Å². The normalized spacial score (nSPS) is 18.9. The Morgan fingerprint density at radius 2 is 2.09 bits per heavy atom. The van der Waals surface area contributed by atoms with Crippen molar-refractivity contribution in [2.24, 2.45) is 0 Å². The van der Waals surface area contributed by atoms with Crippen molar-refractivity contribution in [3.63, 3.8) is 0 Å². The van der Waals surface area contributed by atoms with E-state index in [2.05, 4.69) is 33.0 Å². The molecule has 1 saturated heterocycles. The van der Waals surface area contributed by atoms with Crippen molar-refractivity contribution < 1.29 is 0 Å². The Kier molecular flexibility index (Phi) is 4.31. The first-order chi connectivity index (χ1) is 10.8. The number of piperazine rings is 1. The monoisotopic (exact) mass is 293 g/mol. The van der Waals surface area contributed by atoms with Crippen molar-refractivity contribution in [2.45, 2.75) is 19.5 Å². The van der Waals surface area contributed by atoms with Gasteiger partial charge in [-0.1, -0.05) is 12.1 Å². The smallest absolute Gasteiger partial charge is 0.101 e. The Balaban J connectivity index is 1.69. The van der Waals surface area contributed by atoms with E-state index >= 15 is 0 Å².